The summed E-state index contributed by atoms with van der Waals surface area (Å²) in [6, 6.07) is -0.553. The molecule has 0 aromatic heterocycles. The smallest absolute Gasteiger partial charge is 0.335 e. The predicted molar refractivity (Wildman–Crippen MR) is 79.1 cm³/mol. The SMILES string of the molecule is O=C1C(CCCl)[C@@H]2NC(=O)[C@]2([C@@H](O)[C@@H]2C=CCCC2)[S+]1[O-]. The average Bonchev–Trinajstić information content (AvgIpc) is 2.66. The molecule has 2 fully saturated rings. The zero-order chi connectivity index (χ0) is 15.2. The van der Waals surface area contributed by atoms with E-state index in [1.807, 2.05) is 12.2 Å². The van der Waals surface area contributed by atoms with Crippen molar-refractivity contribution >= 4 is 33.8 Å². The van der Waals surface area contributed by atoms with Crippen LogP contribution in [-0.4, -0.2) is 43.5 Å². The van der Waals surface area contributed by atoms with Crippen molar-refractivity contribution in [3.63, 3.8) is 0 Å². The summed E-state index contributed by atoms with van der Waals surface area (Å²) in [6.07, 6.45) is 5.74. The topological polar surface area (TPSA) is 89.5 Å². The van der Waals surface area contributed by atoms with E-state index in [0.29, 0.717) is 6.42 Å². The highest BCUT2D eigenvalue weighted by Gasteiger charge is 2.79. The quantitative estimate of drug-likeness (QED) is 0.339. The van der Waals surface area contributed by atoms with E-state index in [-0.39, 0.29) is 11.8 Å². The summed E-state index contributed by atoms with van der Waals surface area (Å²) in [5, 5.41) is 12.9. The van der Waals surface area contributed by atoms with Crippen molar-refractivity contribution in [3.05, 3.63) is 12.2 Å². The molecule has 0 bridgehead atoms. The molecule has 2 unspecified atom stereocenters. The van der Waals surface area contributed by atoms with Crippen LogP contribution in [0.5, 0.6) is 0 Å². The van der Waals surface area contributed by atoms with Crippen molar-refractivity contribution in [2.75, 3.05) is 5.88 Å². The van der Waals surface area contributed by atoms with Gasteiger partial charge in [0, 0.05) is 23.0 Å². The van der Waals surface area contributed by atoms with Gasteiger partial charge in [-0.25, -0.2) is 4.79 Å². The molecule has 0 saturated carbocycles. The Morgan fingerprint density at radius 3 is 2.90 bits per heavy atom. The lowest BCUT2D eigenvalue weighted by Crippen LogP contribution is -2.79. The minimum Gasteiger partial charge on any atom is -0.608 e. The Morgan fingerprint density at radius 2 is 2.33 bits per heavy atom. The second kappa shape index (κ2) is 5.57. The summed E-state index contributed by atoms with van der Waals surface area (Å²) in [4.78, 5) is 24.4. The number of nitrogens with one attached hydrogen (secondary N) is 1. The van der Waals surface area contributed by atoms with Crippen LogP contribution >= 0.6 is 11.6 Å². The fraction of sp³-hybridized carbons (Fsp3) is 0.714. The Bertz CT molecular complexity index is 499. The van der Waals surface area contributed by atoms with Crippen LogP contribution in [0.1, 0.15) is 25.7 Å². The Hall–Kier alpha value is -0.560. The lowest BCUT2D eigenvalue weighted by Gasteiger charge is -2.46. The maximum atomic E-state index is 12.5. The molecule has 0 aromatic carbocycles. The van der Waals surface area contributed by atoms with Crippen molar-refractivity contribution in [3.8, 4) is 0 Å². The monoisotopic (exact) mass is 331 g/mol. The van der Waals surface area contributed by atoms with Gasteiger partial charge < -0.3 is 15.0 Å². The molecule has 6 atom stereocenters. The van der Waals surface area contributed by atoms with Crippen molar-refractivity contribution in [1.29, 1.82) is 0 Å². The molecule has 116 valence electrons. The van der Waals surface area contributed by atoms with Gasteiger partial charge in [0.25, 0.3) is 10.7 Å². The number of hydrogen-bond donors (Lipinski definition) is 2. The molecule has 1 amide bonds. The Balaban J connectivity index is 1.93. The number of aliphatic hydroxyl groups excluding tert-OH is 1. The first-order valence-electron chi connectivity index (χ1n) is 7.22. The van der Waals surface area contributed by atoms with Gasteiger partial charge in [0.05, 0.1) is 5.92 Å². The van der Waals surface area contributed by atoms with Crippen LogP contribution in [0, 0.1) is 11.8 Å². The van der Waals surface area contributed by atoms with Gasteiger partial charge in [0.2, 0.25) is 0 Å². The zero-order valence-electron chi connectivity index (χ0n) is 11.5. The average molecular weight is 332 g/mol. The summed E-state index contributed by atoms with van der Waals surface area (Å²) >= 11 is 3.70. The summed E-state index contributed by atoms with van der Waals surface area (Å²) in [5.41, 5.74) is 0. The summed E-state index contributed by atoms with van der Waals surface area (Å²) in [7, 11) is 0. The van der Waals surface area contributed by atoms with E-state index in [4.69, 9.17) is 11.6 Å². The third kappa shape index (κ3) is 2.00. The fourth-order valence-corrected chi connectivity index (χ4v) is 5.89. The van der Waals surface area contributed by atoms with Crippen LogP contribution in [0.15, 0.2) is 12.2 Å². The second-order valence-corrected chi connectivity index (χ2v) is 7.88. The number of halogens is 1. The van der Waals surface area contributed by atoms with Gasteiger partial charge in [0.15, 0.2) is 0 Å². The highest BCUT2D eigenvalue weighted by molar-refractivity contribution is 8.08. The third-order valence-electron chi connectivity index (χ3n) is 4.85. The highest BCUT2D eigenvalue weighted by Crippen LogP contribution is 2.49. The number of alkyl halides is 1. The molecule has 2 N–H and O–H groups in total. The van der Waals surface area contributed by atoms with E-state index in [2.05, 4.69) is 5.32 Å². The van der Waals surface area contributed by atoms with E-state index in [1.165, 1.54) is 0 Å². The minimum absolute atomic E-state index is 0.223. The molecule has 2 heterocycles. The highest BCUT2D eigenvalue weighted by atomic mass is 35.5. The molecule has 3 aliphatic rings. The Kier molecular flexibility index (Phi) is 4.07. The zero-order valence-corrected chi connectivity index (χ0v) is 13.0. The molecule has 0 radical (unpaired) electrons. The van der Waals surface area contributed by atoms with Crippen molar-refractivity contribution < 1.29 is 19.2 Å². The molecule has 2 saturated heterocycles. The first-order valence-corrected chi connectivity index (χ1v) is 8.91. The predicted octanol–water partition coefficient (Wildman–Crippen LogP) is 0.475. The number of amides is 1. The summed E-state index contributed by atoms with van der Waals surface area (Å²) in [5.74, 6) is -0.986. The molecule has 1 aliphatic carbocycles. The van der Waals surface area contributed by atoms with E-state index >= 15 is 0 Å². The van der Waals surface area contributed by atoms with E-state index < -0.39 is 45.0 Å². The van der Waals surface area contributed by atoms with Gasteiger partial charge in [-0.3, -0.25) is 4.79 Å². The number of β-lactam (4-membered cyclic amide) rings is 1. The minimum atomic E-state index is -2.00. The van der Waals surface area contributed by atoms with E-state index in [1.54, 1.807) is 0 Å². The number of carbonyl (C=O) groups excluding carboxylic acids is 2. The summed E-state index contributed by atoms with van der Waals surface area (Å²) in [6.45, 7) is 0. The van der Waals surface area contributed by atoms with Gasteiger partial charge in [-0.05, 0) is 25.7 Å². The first-order chi connectivity index (χ1) is 10.0. The van der Waals surface area contributed by atoms with Gasteiger partial charge >= 0.3 is 5.12 Å². The molecule has 7 heteroatoms. The van der Waals surface area contributed by atoms with Crippen LogP contribution in [0.25, 0.3) is 0 Å². The first kappa shape index (κ1) is 15.3. The molecule has 3 rings (SSSR count). The number of rotatable bonds is 4. The van der Waals surface area contributed by atoms with Crippen molar-refractivity contribution in [2.24, 2.45) is 11.8 Å². The number of hydrogen-bond acceptors (Lipinski definition) is 4. The molecule has 5 nitrogen and oxygen atoms in total. The van der Waals surface area contributed by atoms with Gasteiger partial charge in [0.1, 0.15) is 12.1 Å². The van der Waals surface area contributed by atoms with Crippen LogP contribution in [0.3, 0.4) is 0 Å². The molecular weight excluding hydrogens is 314 g/mol. The molecule has 2 aliphatic heterocycles. The number of allylic oxidation sites excluding steroid dienone is 1. The van der Waals surface area contributed by atoms with Crippen LogP contribution in [0.2, 0.25) is 0 Å². The van der Waals surface area contributed by atoms with Crippen molar-refractivity contribution in [2.45, 2.75) is 42.6 Å². The second-order valence-electron chi connectivity index (χ2n) is 5.88. The van der Waals surface area contributed by atoms with E-state index in [9.17, 15) is 19.2 Å². The Morgan fingerprint density at radius 1 is 1.57 bits per heavy atom. The fourth-order valence-electron chi connectivity index (χ4n) is 3.71. The van der Waals surface area contributed by atoms with E-state index in [0.717, 1.165) is 19.3 Å². The van der Waals surface area contributed by atoms with Gasteiger partial charge in [-0.1, -0.05) is 12.2 Å². The maximum absolute atomic E-state index is 12.5. The van der Waals surface area contributed by atoms with Crippen LogP contribution < -0.4 is 5.32 Å². The normalized spacial score (nSPS) is 43.2. The third-order valence-corrected chi connectivity index (χ3v) is 7.04. The molecular formula is C14H18ClNO4S. The van der Waals surface area contributed by atoms with Crippen LogP contribution in [-0.2, 0) is 20.8 Å². The van der Waals surface area contributed by atoms with Gasteiger partial charge in [-0.2, -0.15) is 0 Å². The lowest BCUT2D eigenvalue weighted by molar-refractivity contribution is -0.140. The number of aliphatic hydroxyl groups is 1. The molecule has 0 aromatic rings. The van der Waals surface area contributed by atoms with Crippen LogP contribution in [0.4, 0.5) is 0 Å². The van der Waals surface area contributed by atoms with Crippen molar-refractivity contribution in [1.82, 2.24) is 5.32 Å². The maximum Gasteiger partial charge on any atom is 0.335 e. The number of carbonyl (C=O) groups is 2. The molecule has 0 spiro atoms. The van der Waals surface area contributed by atoms with Gasteiger partial charge in [-0.15, -0.1) is 11.6 Å². The largest absolute Gasteiger partial charge is 0.608 e. The lowest BCUT2D eigenvalue weighted by atomic mass is 9.72. The summed E-state index contributed by atoms with van der Waals surface area (Å²) < 4.78 is 11.1. The molecule has 21 heavy (non-hydrogen) atoms. The Labute approximate surface area is 131 Å². The number of fused-ring (bicyclic) bond motifs is 1. The standard InChI is InChI=1S/C14H18ClNO4S/c15-7-6-9-10-14(13(19)16-10,21(20)12(9)18)11(17)8-4-2-1-3-5-8/h2,4,8-11,17H,1,3,5-7H2,(H,16,19)/t8-,9?,10+,11+,14+,21?/m1/s1.